The van der Waals surface area contributed by atoms with Crippen molar-refractivity contribution in [1.29, 1.82) is 0 Å². The van der Waals surface area contributed by atoms with Gasteiger partial charge in [-0.25, -0.2) is 4.39 Å². The maximum atomic E-state index is 13.1. The summed E-state index contributed by atoms with van der Waals surface area (Å²) in [6.45, 7) is 4.16. The zero-order valence-electron chi connectivity index (χ0n) is 17.4. The fraction of sp³-hybridized carbons (Fsp3) is 0.364. The molecule has 0 radical (unpaired) electrons. The Hall–Kier alpha value is -2.36. The number of aliphatic imine (C=N–C) groups is 1. The first-order valence-corrected chi connectivity index (χ1v) is 9.88. The van der Waals surface area contributed by atoms with Crippen LogP contribution in [0.2, 0.25) is 0 Å². The molecule has 1 heterocycles. The van der Waals surface area contributed by atoms with Crippen LogP contribution >= 0.6 is 24.0 Å². The van der Waals surface area contributed by atoms with Crippen molar-refractivity contribution in [3.63, 3.8) is 0 Å². The molecule has 1 aliphatic rings. The van der Waals surface area contributed by atoms with Gasteiger partial charge in [0.25, 0.3) is 5.91 Å². The minimum Gasteiger partial charge on any atom is -0.368 e. The van der Waals surface area contributed by atoms with Gasteiger partial charge in [-0.1, -0.05) is 12.1 Å². The van der Waals surface area contributed by atoms with Gasteiger partial charge in [-0.2, -0.15) is 0 Å². The van der Waals surface area contributed by atoms with Crippen LogP contribution in [0.3, 0.4) is 0 Å². The van der Waals surface area contributed by atoms with E-state index in [0.717, 1.165) is 56.4 Å². The number of benzene rings is 2. The summed E-state index contributed by atoms with van der Waals surface area (Å²) in [7, 11) is 3.43. The molecule has 1 amide bonds. The van der Waals surface area contributed by atoms with E-state index in [0.29, 0.717) is 5.56 Å². The summed E-state index contributed by atoms with van der Waals surface area (Å²) in [5, 5.41) is 6.07. The average molecular weight is 525 g/mol. The van der Waals surface area contributed by atoms with Crippen LogP contribution in [0, 0.1) is 5.82 Å². The zero-order valence-corrected chi connectivity index (χ0v) is 19.7. The minimum atomic E-state index is -0.210. The standard InChI is InChI=1S/C22H28FN5O.HI/c1-24-21(29)18-5-3-4-17(16-18)10-11-26-22(25-2)28-14-12-27(13-15-28)20-8-6-19(23)7-9-20;/h3-9,16H,10-15H2,1-2H3,(H,24,29)(H,25,26);1H. The maximum absolute atomic E-state index is 13.1. The second-order valence-corrected chi connectivity index (χ2v) is 6.95. The first-order valence-electron chi connectivity index (χ1n) is 9.88. The van der Waals surface area contributed by atoms with E-state index >= 15 is 0 Å². The Kier molecular flexibility index (Phi) is 9.35. The van der Waals surface area contributed by atoms with Gasteiger partial charge >= 0.3 is 0 Å². The largest absolute Gasteiger partial charge is 0.368 e. The molecule has 30 heavy (non-hydrogen) atoms. The summed E-state index contributed by atoms with van der Waals surface area (Å²) < 4.78 is 13.1. The predicted molar refractivity (Wildman–Crippen MR) is 130 cm³/mol. The molecule has 0 bridgehead atoms. The molecular weight excluding hydrogens is 496 g/mol. The van der Waals surface area contributed by atoms with Crippen molar-refractivity contribution in [1.82, 2.24) is 15.5 Å². The number of nitrogens with one attached hydrogen (secondary N) is 2. The highest BCUT2D eigenvalue weighted by molar-refractivity contribution is 14.0. The van der Waals surface area contributed by atoms with Crippen LogP contribution in [0.5, 0.6) is 0 Å². The number of anilines is 1. The molecule has 0 spiro atoms. The molecular formula is C22H29FIN5O. The highest BCUT2D eigenvalue weighted by Gasteiger charge is 2.19. The molecule has 1 saturated heterocycles. The average Bonchev–Trinajstić information content (AvgIpc) is 2.77. The highest BCUT2D eigenvalue weighted by Crippen LogP contribution is 2.17. The summed E-state index contributed by atoms with van der Waals surface area (Å²) in [4.78, 5) is 20.7. The van der Waals surface area contributed by atoms with Gasteiger partial charge in [0.15, 0.2) is 5.96 Å². The fourth-order valence-electron chi connectivity index (χ4n) is 3.49. The van der Waals surface area contributed by atoms with Gasteiger partial charge in [-0.05, 0) is 48.4 Å². The molecule has 0 aromatic heterocycles. The van der Waals surface area contributed by atoms with Crippen LogP contribution in [0.1, 0.15) is 15.9 Å². The lowest BCUT2D eigenvalue weighted by Gasteiger charge is -2.37. The number of hydrogen-bond acceptors (Lipinski definition) is 3. The van der Waals surface area contributed by atoms with E-state index in [1.807, 2.05) is 36.4 Å². The number of guanidine groups is 1. The second kappa shape index (κ2) is 11.7. The summed E-state index contributed by atoms with van der Waals surface area (Å²) in [5.41, 5.74) is 2.83. The quantitative estimate of drug-likeness (QED) is 0.358. The Bertz CT molecular complexity index is 851. The normalized spacial score (nSPS) is 14.2. The van der Waals surface area contributed by atoms with E-state index in [-0.39, 0.29) is 35.7 Å². The summed E-state index contributed by atoms with van der Waals surface area (Å²) >= 11 is 0. The van der Waals surface area contributed by atoms with Gasteiger partial charge in [0.1, 0.15) is 5.82 Å². The van der Waals surface area contributed by atoms with E-state index in [9.17, 15) is 9.18 Å². The number of halogens is 2. The van der Waals surface area contributed by atoms with E-state index in [1.165, 1.54) is 12.1 Å². The Morgan fingerprint density at radius 1 is 1.10 bits per heavy atom. The van der Waals surface area contributed by atoms with Gasteiger partial charge in [-0.3, -0.25) is 9.79 Å². The molecule has 0 saturated carbocycles. The third-order valence-electron chi connectivity index (χ3n) is 5.10. The third kappa shape index (κ3) is 6.32. The van der Waals surface area contributed by atoms with Gasteiger partial charge in [0.2, 0.25) is 0 Å². The lowest BCUT2D eigenvalue weighted by Crippen LogP contribution is -2.52. The Labute approximate surface area is 194 Å². The molecule has 3 rings (SSSR count). The smallest absolute Gasteiger partial charge is 0.251 e. The molecule has 8 heteroatoms. The van der Waals surface area contributed by atoms with Gasteiger partial charge < -0.3 is 20.4 Å². The van der Waals surface area contributed by atoms with Crippen LogP contribution in [0.25, 0.3) is 0 Å². The summed E-state index contributed by atoms with van der Waals surface area (Å²) in [6, 6.07) is 14.3. The van der Waals surface area contributed by atoms with Crippen molar-refractivity contribution < 1.29 is 9.18 Å². The van der Waals surface area contributed by atoms with Crippen LogP contribution < -0.4 is 15.5 Å². The number of amides is 1. The molecule has 162 valence electrons. The Balaban J connectivity index is 0.00000320. The molecule has 0 unspecified atom stereocenters. The zero-order chi connectivity index (χ0) is 20.6. The molecule has 2 N–H and O–H groups in total. The number of nitrogens with zero attached hydrogens (tertiary/aromatic N) is 3. The van der Waals surface area contributed by atoms with Crippen molar-refractivity contribution in [2.24, 2.45) is 4.99 Å². The Morgan fingerprint density at radius 2 is 1.80 bits per heavy atom. The van der Waals surface area contributed by atoms with Crippen molar-refractivity contribution in [3.8, 4) is 0 Å². The molecule has 0 aliphatic carbocycles. The Morgan fingerprint density at radius 3 is 2.43 bits per heavy atom. The van der Waals surface area contributed by atoms with Crippen LogP contribution in [-0.2, 0) is 6.42 Å². The third-order valence-corrected chi connectivity index (χ3v) is 5.10. The van der Waals surface area contributed by atoms with Crippen molar-refractivity contribution in [3.05, 3.63) is 65.5 Å². The molecule has 2 aromatic rings. The minimum absolute atomic E-state index is 0. The van der Waals surface area contributed by atoms with E-state index in [2.05, 4.69) is 25.4 Å². The number of carbonyl (C=O) groups excluding carboxylic acids is 1. The summed E-state index contributed by atoms with van der Waals surface area (Å²) in [5.74, 6) is 0.596. The lowest BCUT2D eigenvalue weighted by molar-refractivity contribution is 0.0963. The number of hydrogen-bond donors (Lipinski definition) is 2. The number of carbonyl (C=O) groups is 1. The van der Waals surface area contributed by atoms with Crippen molar-refractivity contribution in [2.75, 3.05) is 51.7 Å². The molecule has 0 atom stereocenters. The van der Waals surface area contributed by atoms with Gasteiger partial charge in [0, 0.05) is 58.1 Å². The van der Waals surface area contributed by atoms with Crippen LogP contribution in [-0.4, -0.2) is 63.6 Å². The monoisotopic (exact) mass is 525 g/mol. The van der Waals surface area contributed by atoms with Gasteiger partial charge in [0.05, 0.1) is 0 Å². The van der Waals surface area contributed by atoms with Crippen LogP contribution in [0.15, 0.2) is 53.5 Å². The molecule has 1 fully saturated rings. The van der Waals surface area contributed by atoms with E-state index in [4.69, 9.17) is 0 Å². The van der Waals surface area contributed by atoms with Gasteiger partial charge in [-0.15, -0.1) is 24.0 Å². The predicted octanol–water partition coefficient (Wildman–Crippen LogP) is 2.74. The SMILES string of the molecule is CN=C(NCCc1cccc(C(=O)NC)c1)N1CCN(c2ccc(F)cc2)CC1.I. The number of rotatable bonds is 5. The van der Waals surface area contributed by atoms with Crippen molar-refractivity contribution in [2.45, 2.75) is 6.42 Å². The highest BCUT2D eigenvalue weighted by atomic mass is 127. The molecule has 1 aliphatic heterocycles. The van der Waals surface area contributed by atoms with E-state index in [1.54, 1.807) is 14.1 Å². The first-order chi connectivity index (χ1) is 14.1. The van der Waals surface area contributed by atoms with E-state index < -0.39 is 0 Å². The summed E-state index contributed by atoms with van der Waals surface area (Å²) in [6.07, 6.45) is 0.805. The van der Waals surface area contributed by atoms with Crippen LogP contribution in [0.4, 0.5) is 10.1 Å². The topological polar surface area (TPSA) is 60.0 Å². The maximum Gasteiger partial charge on any atom is 0.251 e. The second-order valence-electron chi connectivity index (χ2n) is 6.95. The molecule has 6 nitrogen and oxygen atoms in total. The fourth-order valence-corrected chi connectivity index (χ4v) is 3.49. The molecule has 2 aromatic carbocycles. The van der Waals surface area contributed by atoms with Crippen molar-refractivity contribution >= 4 is 41.5 Å². The number of piperazine rings is 1. The first kappa shape index (κ1) is 23.9. The lowest BCUT2D eigenvalue weighted by atomic mass is 10.1.